The molecule has 0 aromatic rings. The van der Waals surface area contributed by atoms with Crippen molar-refractivity contribution < 1.29 is 41.3 Å². The zero-order valence-electron chi connectivity index (χ0n) is 14.2. The normalized spacial score (nSPS) is 11.4. The van der Waals surface area contributed by atoms with Gasteiger partial charge in [0.15, 0.2) is 0 Å². The lowest BCUT2D eigenvalue weighted by atomic mass is 9.93. The summed E-state index contributed by atoms with van der Waals surface area (Å²) in [4.78, 5) is 35.2. The highest BCUT2D eigenvalue weighted by molar-refractivity contribution is 7.86. The van der Waals surface area contributed by atoms with Crippen molar-refractivity contribution in [2.75, 3.05) is 19.2 Å². The van der Waals surface area contributed by atoms with Gasteiger partial charge in [0.25, 0.3) is 0 Å². The molecule has 0 aromatic carbocycles. The molecule has 0 atom stereocenters. The fraction of sp³-hybridized carbons (Fsp3) is 0.500. The van der Waals surface area contributed by atoms with E-state index in [2.05, 4.69) is 28.1 Å². The van der Waals surface area contributed by atoms with Crippen LogP contribution in [-0.4, -0.2) is 45.5 Å². The molecule has 25 heavy (non-hydrogen) atoms. The van der Waals surface area contributed by atoms with Crippen molar-refractivity contribution in [1.82, 2.24) is 0 Å². The summed E-state index contributed by atoms with van der Waals surface area (Å²) in [5.41, 5.74) is -1.53. The first-order valence-electron chi connectivity index (χ1n) is 6.78. The van der Waals surface area contributed by atoms with Crippen molar-refractivity contribution in [3.63, 3.8) is 0 Å². The number of hydrogen-bond acceptors (Lipinski definition) is 10. The van der Waals surface area contributed by atoms with Gasteiger partial charge in [-0.1, -0.05) is 13.2 Å². The van der Waals surface area contributed by atoms with Crippen molar-refractivity contribution in [3.8, 4) is 0 Å². The predicted molar refractivity (Wildman–Crippen MR) is 84.8 cm³/mol. The quantitative estimate of drug-likeness (QED) is 0.237. The Balaban J connectivity index is 5.17. The van der Waals surface area contributed by atoms with Crippen molar-refractivity contribution in [2.45, 2.75) is 20.8 Å². The highest BCUT2D eigenvalue weighted by Crippen LogP contribution is 2.21. The van der Waals surface area contributed by atoms with E-state index in [1.807, 2.05) is 0 Å². The second-order valence-electron chi connectivity index (χ2n) is 5.48. The maximum Gasteiger partial charge on any atom is 0.333 e. The zero-order valence-corrected chi connectivity index (χ0v) is 15.0. The molecule has 10 nitrogen and oxygen atoms in total. The molecular formula is C14H21NO9S. The Labute approximate surface area is 145 Å². The number of carbonyl (C=O) groups excluding carboxylic acids is 3. The van der Waals surface area contributed by atoms with Crippen LogP contribution in [0, 0.1) is 5.41 Å². The van der Waals surface area contributed by atoms with Gasteiger partial charge in [-0.25, -0.2) is 9.59 Å². The molecule has 0 radical (unpaired) electrons. The summed E-state index contributed by atoms with van der Waals surface area (Å²) in [6.45, 7) is 9.70. The number of rotatable bonds is 10. The summed E-state index contributed by atoms with van der Waals surface area (Å²) in [6.07, 6.45) is 0. The Morgan fingerprint density at radius 2 is 1.36 bits per heavy atom. The minimum Gasteiger partial charge on any atom is -0.461 e. The largest absolute Gasteiger partial charge is 0.461 e. The van der Waals surface area contributed by atoms with Gasteiger partial charge in [-0.2, -0.15) is 18.6 Å². The first-order valence-corrected chi connectivity index (χ1v) is 8.36. The standard InChI is InChI=1S/C14H21NO9S/c1-9(2)11(16)21-6-14(5,7-22-12(17)10(3)4)13(18)23-8-25(19,20)24-15/h1,3,6-8,15H2,2,4-5H3. The minimum atomic E-state index is -4.27. The fourth-order valence-corrected chi connectivity index (χ4v) is 1.49. The molecule has 0 saturated heterocycles. The zero-order chi connectivity index (χ0) is 19.8. The van der Waals surface area contributed by atoms with Gasteiger partial charge in [-0.05, 0) is 20.8 Å². The van der Waals surface area contributed by atoms with Crippen molar-refractivity contribution in [2.24, 2.45) is 11.3 Å². The van der Waals surface area contributed by atoms with E-state index >= 15 is 0 Å². The Morgan fingerprint density at radius 1 is 0.960 bits per heavy atom. The van der Waals surface area contributed by atoms with E-state index < -0.39 is 52.6 Å². The van der Waals surface area contributed by atoms with Crippen LogP contribution in [0.3, 0.4) is 0 Å². The molecule has 0 spiro atoms. The minimum absolute atomic E-state index is 0.0776. The van der Waals surface area contributed by atoms with Crippen LogP contribution in [0.2, 0.25) is 0 Å². The second kappa shape index (κ2) is 9.30. The summed E-state index contributed by atoms with van der Waals surface area (Å²) in [7, 11) is -4.27. The van der Waals surface area contributed by atoms with Gasteiger partial charge in [-0.3, -0.25) is 4.79 Å². The van der Waals surface area contributed by atoms with Crippen LogP contribution < -0.4 is 5.90 Å². The maximum atomic E-state index is 12.2. The predicted octanol–water partition coefficient (Wildman–Crippen LogP) is -0.0479. The molecule has 2 N–H and O–H groups in total. The summed E-state index contributed by atoms with van der Waals surface area (Å²) in [6, 6.07) is 0. The van der Waals surface area contributed by atoms with E-state index in [9.17, 15) is 22.8 Å². The van der Waals surface area contributed by atoms with Gasteiger partial charge >= 0.3 is 28.0 Å². The fourth-order valence-electron chi connectivity index (χ4n) is 1.18. The van der Waals surface area contributed by atoms with Gasteiger partial charge in [0.2, 0.25) is 5.94 Å². The van der Waals surface area contributed by atoms with Crippen molar-refractivity contribution in [1.29, 1.82) is 0 Å². The molecule has 142 valence electrons. The van der Waals surface area contributed by atoms with Gasteiger partial charge < -0.3 is 14.2 Å². The Bertz CT molecular complexity index is 636. The molecule has 0 aromatic heterocycles. The molecule has 0 heterocycles. The van der Waals surface area contributed by atoms with Crippen LogP contribution in [-0.2, 0) is 43.0 Å². The van der Waals surface area contributed by atoms with Gasteiger partial charge in [0.05, 0.1) is 0 Å². The summed E-state index contributed by atoms with van der Waals surface area (Å²) in [5.74, 6) is 0.670. The summed E-state index contributed by atoms with van der Waals surface area (Å²) < 4.78 is 40.3. The molecule has 0 amide bonds. The molecule has 0 unspecified atom stereocenters. The first-order chi connectivity index (χ1) is 11.3. The molecule has 0 aliphatic carbocycles. The number of hydrogen-bond donors (Lipinski definition) is 1. The lowest BCUT2D eigenvalue weighted by molar-refractivity contribution is -0.166. The molecule has 11 heteroatoms. The summed E-state index contributed by atoms with van der Waals surface area (Å²) >= 11 is 0. The average Bonchev–Trinajstić information content (AvgIpc) is 2.54. The number of carbonyl (C=O) groups is 3. The second-order valence-corrected chi connectivity index (χ2v) is 7.02. The van der Waals surface area contributed by atoms with E-state index in [0.717, 1.165) is 0 Å². The Kier molecular flexibility index (Phi) is 8.46. The van der Waals surface area contributed by atoms with E-state index in [1.165, 1.54) is 20.8 Å². The first kappa shape index (κ1) is 22.8. The van der Waals surface area contributed by atoms with Crippen LogP contribution in [0.25, 0.3) is 0 Å². The summed E-state index contributed by atoms with van der Waals surface area (Å²) in [5, 5.41) is 0. The van der Waals surface area contributed by atoms with Crippen LogP contribution in [0.1, 0.15) is 20.8 Å². The van der Waals surface area contributed by atoms with Crippen molar-refractivity contribution in [3.05, 3.63) is 24.3 Å². The molecular weight excluding hydrogens is 358 g/mol. The van der Waals surface area contributed by atoms with E-state index in [-0.39, 0.29) is 11.1 Å². The highest BCUT2D eigenvalue weighted by Gasteiger charge is 2.39. The molecule has 0 bridgehead atoms. The van der Waals surface area contributed by atoms with Crippen LogP contribution in [0.5, 0.6) is 0 Å². The van der Waals surface area contributed by atoms with Gasteiger partial charge in [-0.15, -0.1) is 0 Å². The van der Waals surface area contributed by atoms with Gasteiger partial charge in [0, 0.05) is 11.1 Å². The number of nitrogens with two attached hydrogens (primary N) is 1. The Hall–Kier alpha value is -2.24. The third-order valence-electron chi connectivity index (χ3n) is 2.71. The van der Waals surface area contributed by atoms with Crippen LogP contribution in [0.4, 0.5) is 0 Å². The van der Waals surface area contributed by atoms with E-state index in [4.69, 9.17) is 9.47 Å². The SMILES string of the molecule is C=C(C)C(=O)OCC(C)(COC(=O)C(=C)C)C(=O)OCS(=O)(=O)ON. The number of ether oxygens (including phenoxy) is 3. The van der Waals surface area contributed by atoms with Crippen LogP contribution >= 0.6 is 0 Å². The number of esters is 3. The average molecular weight is 379 g/mol. The highest BCUT2D eigenvalue weighted by atomic mass is 32.2. The Morgan fingerprint density at radius 3 is 1.68 bits per heavy atom. The van der Waals surface area contributed by atoms with E-state index in [1.54, 1.807) is 0 Å². The maximum absolute atomic E-state index is 12.2. The molecule has 0 saturated carbocycles. The van der Waals surface area contributed by atoms with Gasteiger partial charge in [0.1, 0.15) is 18.6 Å². The monoisotopic (exact) mass is 379 g/mol. The molecule has 0 rings (SSSR count). The van der Waals surface area contributed by atoms with Crippen molar-refractivity contribution >= 4 is 28.0 Å². The third-order valence-corrected chi connectivity index (χ3v) is 3.41. The molecule has 0 fully saturated rings. The molecule has 0 aliphatic rings. The van der Waals surface area contributed by atoms with Crippen LogP contribution in [0.15, 0.2) is 24.3 Å². The lowest BCUT2D eigenvalue weighted by Gasteiger charge is -2.26. The third kappa shape index (κ3) is 7.92. The smallest absolute Gasteiger partial charge is 0.333 e. The molecule has 0 aliphatic heterocycles. The lowest BCUT2D eigenvalue weighted by Crippen LogP contribution is -2.41. The topological polar surface area (TPSA) is 148 Å². The van der Waals surface area contributed by atoms with E-state index in [0.29, 0.717) is 0 Å².